The molecule has 0 aromatic heterocycles. The molecule has 1 atom stereocenters. The summed E-state index contributed by atoms with van der Waals surface area (Å²) in [6, 6.07) is 24.6. The number of hydrogen-bond donors (Lipinski definition) is 1. The van der Waals surface area contributed by atoms with Crippen LogP contribution in [0.15, 0.2) is 89.8 Å². The highest BCUT2D eigenvalue weighted by Gasteiger charge is 2.32. The number of rotatable bonds is 13. The van der Waals surface area contributed by atoms with E-state index in [1.165, 1.54) is 11.4 Å². The maximum atomic E-state index is 13.9. The fourth-order valence-corrected chi connectivity index (χ4v) is 6.69. The highest BCUT2D eigenvalue weighted by atomic mass is 35.5. The fraction of sp³-hybridized carbons (Fsp3) is 0.375. The maximum Gasteiger partial charge on any atom is 0.243 e. The number of halogens is 1. The van der Waals surface area contributed by atoms with Crippen molar-refractivity contribution in [3.63, 3.8) is 0 Å². The van der Waals surface area contributed by atoms with Crippen molar-refractivity contribution in [2.24, 2.45) is 0 Å². The van der Waals surface area contributed by atoms with Crippen LogP contribution in [0, 0.1) is 0 Å². The third-order valence-corrected chi connectivity index (χ3v) is 9.64. The first-order valence-electron chi connectivity index (χ1n) is 14.1. The van der Waals surface area contributed by atoms with Crippen LogP contribution in [0.2, 0.25) is 5.02 Å². The van der Waals surface area contributed by atoms with Crippen LogP contribution in [0.3, 0.4) is 0 Å². The lowest BCUT2D eigenvalue weighted by Gasteiger charge is -2.32. The molecule has 4 rings (SSSR count). The number of nitrogens with one attached hydrogen (secondary N) is 1. The average molecular weight is 596 g/mol. The SMILES string of the molecule is CN(CCCC(=O)N(Cc1cccc(Cl)c1)[C@@H](Cc1ccccc1)C(=O)NC1CCCC1)S(=O)(=O)c1ccccc1. The van der Waals surface area contributed by atoms with E-state index >= 15 is 0 Å². The average Bonchev–Trinajstić information content (AvgIpc) is 3.48. The van der Waals surface area contributed by atoms with Gasteiger partial charge in [0, 0.05) is 44.0 Å². The Kier molecular flexibility index (Phi) is 11.0. The lowest BCUT2D eigenvalue weighted by Crippen LogP contribution is -2.52. The first-order valence-corrected chi connectivity index (χ1v) is 16.0. The summed E-state index contributed by atoms with van der Waals surface area (Å²) in [7, 11) is -2.15. The topological polar surface area (TPSA) is 86.8 Å². The van der Waals surface area contributed by atoms with Gasteiger partial charge >= 0.3 is 0 Å². The van der Waals surface area contributed by atoms with E-state index in [1.54, 1.807) is 47.4 Å². The molecule has 0 radical (unpaired) electrons. The van der Waals surface area contributed by atoms with Gasteiger partial charge in [-0.25, -0.2) is 12.7 Å². The van der Waals surface area contributed by atoms with Crippen LogP contribution in [0.5, 0.6) is 0 Å². The van der Waals surface area contributed by atoms with Crippen molar-refractivity contribution < 1.29 is 18.0 Å². The largest absolute Gasteiger partial charge is 0.352 e. The lowest BCUT2D eigenvalue weighted by atomic mass is 10.0. The Morgan fingerprint density at radius 1 is 0.927 bits per heavy atom. The molecule has 1 fully saturated rings. The molecule has 218 valence electrons. The summed E-state index contributed by atoms with van der Waals surface area (Å²) in [5.41, 5.74) is 1.78. The summed E-state index contributed by atoms with van der Waals surface area (Å²) in [4.78, 5) is 29.5. The zero-order chi connectivity index (χ0) is 29.2. The van der Waals surface area contributed by atoms with Crippen LogP contribution in [-0.4, -0.2) is 55.1 Å². The molecule has 2 amide bonds. The van der Waals surface area contributed by atoms with Gasteiger partial charge in [0.05, 0.1) is 4.90 Å². The summed E-state index contributed by atoms with van der Waals surface area (Å²) in [5.74, 6) is -0.377. The summed E-state index contributed by atoms with van der Waals surface area (Å²) in [5, 5.41) is 3.75. The van der Waals surface area contributed by atoms with Crippen molar-refractivity contribution in [1.29, 1.82) is 0 Å². The Morgan fingerprint density at radius 3 is 2.22 bits per heavy atom. The van der Waals surface area contributed by atoms with Crippen LogP contribution in [-0.2, 0) is 32.6 Å². The molecule has 3 aromatic rings. The maximum absolute atomic E-state index is 13.9. The van der Waals surface area contributed by atoms with Gasteiger partial charge in [-0.3, -0.25) is 9.59 Å². The van der Waals surface area contributed by atoms with Gasteiger partial charge in [-0.05, 0) is 54.7 Å². The summed E-state index contributed by atoms with van der Waals surface area (Å²) in [6.45, 7) is 0.388. The molecule has 41 heavy (non-hydrogen) atoms. The van der Waals surface area contributed by atoms with Crippen molar-refractivity contribution in [3.05, 3.63) is 101 Å². The van der Waals surface area contributed by atoms with Crippen molar-refractivity contribution in [3.8, 4) is 0 Å². The standard InChI is InChI=1S/C32H38ClN3O4S/c1-35(41(39,40)29-18-6-3-7-19-29)21-11-20-31(37)36(24-26-14-10-15-27(33)22-26)30(23-25-12-4-2-5-13-25)32(38)34-28-16-8-9-17-28/h2-7,10,12-15,18-19,22,28,30H,8-9,11,16-17,20-21,23-24H2,1H3,(H,34,38)/t30-/m0/s1. The smallest absolute Gasteiger partial charge is 0.243 e. The Balaban J connectivity index is 1.54. The zero-order valence-corrected chi connectivity index (χ0v) is 25.0. The normalized spacial score (nSPS) is 14.6. The van der Waals surface area contributed by atoms with E-state index in [9.17, 15) is 18.0 Å². The van der Waals surface area contributed by atoms with Crippen molar-refractivity contribution in [1.82, 2.24) is 14.5 Å². The molecule has 0 spiro atoms. The summed E-state index contributed by atoms with van der Waals surface area (Å²) >= 11 is 6.26. The lowest BCUT2D eigenvalue weighted by molar-refractivity contribution is -0.141. The van der Waals surface area contributed by atoms with Crippen LogP contribution in [0.1, 0.15) is 49.7 Å². The number of amides is 2. The first kappa shape index (κ1) is 30.8. The molecule has 0 unspecified atom stereocenters. The Hall–Kier alpha value is -3.20. The van der Waals surface area contributed by atoms with Crippen molar-refractivity contribution >= 4 is 33.4 Å². The quantitative estimate of drug-likeness (QED) is 0.285. The van der Waals surface area contributed by atoms with Gasteiger partial charge in [0.2, 0.25) is 21.8 Å². The molecule has 9 heteroatoms. The number of sulfonamides is 1. The number of benzene rings is 3. The van der Waals surface area contributed by atoms with Gasteiger partial charge < -0.3 is 10.2 Å². The predicted molar refractivity (Wildman–Crippen MR) is 162 cm³/mol. The molecule has 3 aromatic carbocycles. The second-order valence-electron chi connectivity index (χ2n) is 10.6. The van der Waals surface area contributed by atoms with E-state index < -0.39 is 16.1 Å². The molecule has 0 saturated heterocycles. The molecule has 7 nitrogen and oxygen atoms in total. The molecule has 0 aliphatic heterocycles. The minimum Gasteiger partial charge on any atom is -0.352 e. The minimum atomic E-state index is -3.66. The van der Waals surface area contributed by atoms with Crippen molar-refractivity contribution in [2.75, 3.05) is 13.6 Å². The molecule has 1 N–H and O–H groups in total. The van der Waals surface area contributed by atoms with E-state index in [0.29, 0.717) is 17.9 Å². The van der Waals surface area contributed by atoms with Crippen LogP contribution < -0.4 is 5.32 Å². The van der Waals surface area contributed by atoms with Gasteiger partial charge in [-0.15, -0.1) is 0 Å². The van der Waals surface area contributed by atoms with E-state index in [4.69, 9.17) is 11.6 Å². The fourth-order valence-electron chi connectivity index (χ4n) is 5.24. The number of hydrogen-bond acceptors (Lipinski definition) is 4. The van der Waals surface area contributed by atoms with E-state index in [0.717, 1.165) is 36.8 Å². The van der Waals surface area contributed by atoms with E-state index in [2.05, 4.69) is 5.32 Å². The third kappa shape index (κ3) is 8.64. The van der Waals surface area contributed by atoms with Gasteiger partial charge in [0.25, 0.3) is 0 Å². The van der Waals surface area contributed by atoms with E-state index in [-0.39, 0.29) is 42.3 Å². The van der Waals surface area contributed by atoms with Gasteiger partial charge in [-0.1, -0.05) is 85.1 Å². The zero-order valence-electron chi connectivity index (χ0n) is 23.4. The summed E-state index contributed by atoms with van der Waals surface area (Å²) < 4.78 is 27.2. The van der Waals surface area contributed by atoms with Gasteiger partial charge in [0.1, 0.15) is 6.04 Å². The number of nitrogens with zero attached hydrogens (tertiary/aromatic N) is 2. The molecular formula is C32H38ClN3O4S. The minimum absolute atomic E-state index is 0.0945. The van der Waals surface area contributed by atoms with E-state index in [1.807, 2.05) is 42.5 Å². The van der Waals surface area contributed by atoms with Gasteiger partial charge in [-0.2, -0.15) is 0 Å². The molecule has 0 heterocycles. The molecule has 0 bridgehead atoms. The van der Waals surface area contributed by atoms with Crippen molar-refractivity contribution in [2.45, 2.75) is 68.5 Å². The first-order chi connectivity index (χ1) is 19.7. The highest BCUT2D eigenvalue weighted by molar-refractivity contribution is 7.89. The Bertz CT molecular complexity index is 1400. The third-order valence-electron chi connectivity index (χ3n) is 7.53. The van der Waals surface area contributed by atoms with Gasteiger partial charge in [0.15, 0.2) is 0 Å². The predicted octanol–water partition coefficient (Wildman–Crippen LogP) is 5.44. The highest BCUT2D eigenvalue weighted by Crippen LogP contribution is 2.22. The summed E-state index contributed by atoms with van der Waals surface area (Å²) in [6.07, 6.45) is 4.82. The number of carbonyl (C=O) groups excluding carboxylic acids is 2. The number of carbonyl (C=O) groups is 2. The molecule has 1 aliphatic rings. The Labute approximate surface area is 248 Å². The second-order valence-corrected chi connectivity index (χ2v) is 13.1. The monoisotopic (exact) mass is 595 g/mol. The molecule has 1 aliphatic carbocycles. The van der Waals surface area contributed by atoms with Crippen LogP contribution in [0.25, 0.3) is 0 Å². The molecular weight excluding hydrogens is 558 g/mol. The Morgan fingerprint density at radius 2 is 1.56 bits per heavy atom. The molecule has 1 saturated carbocycles. The van der Waals surface area contributed by atoms with Crippen LogP contribution in [0.4, 0.5) is 0 Å². The van der Waals surface area contributed by atoms with Crippen LogP contribution >= 0.6 is 11.6 Å². The second kappa shape index (κ2) is 14.6.